The summed E-state index contributed by atoms with van der Waals surface area (Å²) in [5.74, 6) is -0.287. The number of carbonyl (C=O) groups is 3. The standard InChI is InChI=1S/C30H53BN6O7/c1-19(2)15-26(31-43-25-18-22-17-24(29(22,4)5)30(25,6)44-31)35-27(40)21(11-10-14-34-28(32)36-37(41)42)16-23(39)12-8-7-9-13-33-20(3)38/h19,21-22,24-26H,7-18H2,1-6H3,(H,33,38)(H,35,40)(H3,32,34,36)/t21-,22-,24-,25-,26+,30+/m1/s1. The molecule has 1 saturated heterocycles. The molecule has 2 bridgehead atoms. The van der Waals surface area contributed by atoms with Crippen LogP contribution in [0.5, 0.6) is 0 Å². The molecule has 3 saturated carbocycles. The van der Waals surface area contributed by atoms with E-state index in [0.29, 0.717) is 50.5 Å². The monoisotopic (exact) mass is 620 g/mol. The largest absolute Gasteiger partial charge is 0.481 e. The highest BCUT2D eigenvalue weighted by Gasteiger charge is 2.68. The fourth-order valence-electron chi connectivity index (χ4n) is 7.37. The molecule has 0 aromatic rings. The number of nitro groups is 1. The van der Waals surface area contributed by atoms with Gasteiger partial charge in [-0.05, 0) is 75.0 Å². The Morgan fingerprint density at radius 3 is 2.50 bits per heavy atom. The van der Waals surface area contributed by atoms with Gasteiger partial charge >= 0.3 is 7.12 Å². The molecule has 0 aromatic carbocycles. The number of nitrogens with two attached hydrogens (primary N) is 1. The number of aliphatic imine (C=N–C) groups is 1. The van der Waals surface area contributed by atoms with Crippen LogP contribution in [-0.4, -0.2) is 66.4 Å². The van der Waals surface area contributed by atoms with Gasteiger partial charge in [-0.15, -0.1) is 0 Å². The minimum atomic E-state index is -0.785. The maximum absolute atomic E-state index is 13.8. The summed E-state index contributed by atoms with van der Waals surface area (Å²) < 4.78 is 13.2. The third-order valence-corrected chi connectivity index (χ3v) is 9.90. The number of ketones is 1. The first-order valence-electron chi connectivity index (χ1n) is 16.2. The normalized spacial score (nSPS) is 26.8. The van der Waals surface area contributed by atoms with Gasteiger partial charge in [0, 0.05) is 38.8 Å². The number of unbranched alkanes of at least 4 members (excludes halogenated alkanes) is 2. The number of rotatable bonds is 18. The predicted molar refractivity (Wildman–Crippen MR) is 168 cm³/mol. The number of nitrogens with one attached hydrogen (secondary N) is 3. The van der Waals surface area contributed by atoms with Gasteiger partial charge in [-0.3, -0.25) is 14.4 Å². The average molecular weight is 621 g/mol. The van der Waals surface area contributed by atoms with Crippen LogP contribution in [0.25, 0.3) is 0 Å². The fraction of sp³-hybridized carbons (Fsp3) is 0.867. The van der Waals surface area contributed by atoms with Gasteiger partial charge in [0.05, 0.1) is 17.6 Å². The van der Waals surface area contributed by atoms with Crippen LogP contribution >= 0.6 is 0 Å². The van der Waals surface area contributed by atoms with E-state index in [-0.39, 0.29) is 59.9 Å². The third-order valence-electron chi connectivity index (χ3n) is 9.90. The Kier molecular flexibility index (Phi) is 12.6. The summed E-state index contributed by atoms with van der Waals surface area (Å²) in [6.45, 7) is 13.2. The van der Waals surface area contributed by atoms with Gasteiger partial charge < -0.3 is 25.7 Å². The van der Waals surface area contributed by atoms with Gasteiger partial charge in [0.15, 0.2) is 5.03 Å². The Hall–Kier alpha value is -2.74. The second-order valence-electron chi connectivity index (χ2n) is 14.1. The van der Waals surface area contributed by atoms with E-state index in [1.54, 1.807) is 5.43 Å². The van der Waals surface area contributed by atoms with Crippen LogP contribution < -0.4 is 21.8 Å². The molecule has 3 aliphatic carbocycles. The van der Waals surface area contributed by atoms with E-state index >= 15 is 0 Å². The Balaban J connectivity index is 1.64. The van der Waals surface area contributed by atoms with Crippen molar-refractivity contribution in [1.82, 2.24) is 16.1 Å². The lowest BCUT2D eigenvalue weighted by Gasteiger charge is -2.64. The van der Waals surface area contributed by atoms with Crippen LogP contribution in [0.1, 0.15) is 106 Å². The van der Waals surface area contributed by atoms with Crippen LogP contribution in [-0.2, 0) is 23.7 Å². The maximum Gasteiger partial charge on any atom is 0.481 e. The zero-order chi connectivity index (χ0) is 32.7. The van der Waals surface area contributed by atoms with Crippen molar-refractivity contribution in [2.24, 2.45) is 39.8 Å². The van der Waals surface area contributed by atoms with Crippen LogP contribution in [0.3, 0.4) is 0 Å². The molecule has 248 valence electrons. The summed E-state index contributed by atoms with van der Waals surface area (Å²) >= 11 is 0. The van der Waals surface area contributed by atoms with Gasteiger partial charge in [-0.2, -0.15) is 0 Å². The number of nitrogens with zero attached hydrogens (tertiary/aromatic N) is 2. The molecule has 0 radical (unpaired) electrons. The Morgan fingerprint density at radius 1 is 1.14 bits per heavy atom. The number of hydrogen-bond donors (Lipinski definition) is 4. The number of hydrogen-bond acceptors (Lipinski definition) is 8. The van der Waals surface area contributed by atoms with E-state index in [9.17, 15) is 24.5 Å². The number of carbonyl (C=O) groups excluding carboxylic acids is 3. The lowest BCUT2D eigenvalue weighted by atomic mass is 9.43. The smallest absolute Gasteiger partial charge is 0.404 e. The highest BCUT2D eigenvalue weighted by molar-refractivity contribution is 6.47. The molecular weight excluding hydrogens is 567 g/mol. The van der Waals surface area contributed by atoms with Gasteiger partial charge in [-0.25, -0.2) is 15.1 Å². The highest BCUT2D eigenvalue weighted by Crippen LogP contribution is 2.65. The molecule has 0 aromatic heterocycles. The maximum atomic E-state index is 13.8. The van der Waals surface area contributed by atoms with E-state index in [1.807, 2.05) is 0 Å². The number of amides is 2. The minimum Gasteiger partial charge on any atom is -0.404 e. The molecule has 6 atom stereocenters. The molecule has 1 heterocycles. The summed E-state index contributed by atoms with van der Waals surface area (Å²) in [5.41, 5.74) is 7.14. The Labute approximate surface area is 261 Å². The van der Waals surface area contributed by atoms with Crippen molar-refractivity contribution in [2.45, 2.75) is 123 Å². The van der Waals surface area contributed by atoms with Crippen molar-refractivity contribution in [2.75, 3.05) is 13.1 Å². The lowest BCUT2D eigenvalue weighted by molar-refractivity contribution is -0.525. The predicted octanol–water partition coefficient (Wildman–Crippen LogP) is 2.93. The molecule has 0 spiro atoms. The average Bonchev–Trinajstić information content (AvgIpc) is 3.28. The number of Topliss-reactive ketones (excluding diaryl/α,β-unsaturated/α-hetero) is 1. The van der Waals surface area contributed by atoms with E-state index in [4.69, 9.17) is 15.0 Å². The molecule has 14 heteroatoms. The molecule has 0 unspecified atom stereocenters. The molecule has 13 nitrogen and oxygen atoms in total. The number of hydrazine groups is 1. The van der Waals surface area contributed by atoms with Crippen LogP contribution in [0, 0.1) is 39.2 Å². The van der Waals surface area contributed by atoms with Crippen LogP contribution in [0.15, 0.2) is 4.99 Å². The van der Waals surface area contributed by atoms with Crippen molar-refractivity contribution in [3.8, 4) is 0 Å². The van der Waals surface area contributed by atoms with E-state index in [2.05, 4.69) is 50.2 Å². The Bertz CT molecular complexity index is 1070. The summed E-state index contributed by atoms with van der Waals surface area (Å²) in [5, 5.41) is 15.7. The second-order valence-corrected chi connectivity index (χ2v) is 14.1. The fourth-order valence-corrected chi connectivity index (χ4v) is 7.37. The number of guanidine groups is 1. The summed E-state index contributed by atoms with van der Waals surface area (Å²) in [6, 6.07) is 0. The molecule has 5 N–H and O–H groups in total. The zero-order valence-corrected chi connectivity index (χ0v) is 27.4. The van der Waals surface area contributed by atoms with Crippen LogP contribution in [0.4, 0.5) is 0 Å². The first kappa shape index (κ1) is 35.7. The Morgan fingerprint density at radius 2 is 1.86 bits per heavy atom. The topological polar surface area (TPSA) is 187 Å². The minimum absolute atomic E-state index is 0.00276. The summed E-state index contributed by atoms with van der Waals surface area (Å²) in [7, 11) is -0.566. The molecule has 4 rings (SSSR count). The van der Waals surface area contributed by atoms with Crippen molar-refractivity contribution in [3.05, 3.63) is 10.1 Å². The van der Waals surface area contributed by atoms with Gasteiger partial charge in [0.2, 0.25) is 11.8 Å². The molecule has 1 aliphatic heterocycles. The van der Waals surface area contributed by atoms with Crippen molar-refractivity contribution < 1.29 is 28.7 Å². The van der Waals surface area contributed by atoms with Crippen molar-refractivity contribution >= 4 is 30.7 Å². The lowest BCUT2D eigenvalue weighted by Crippen LogP contribution is -2.65. The summed E-state index contributed by atoms with van der Waals surface area (Å²) in [4.78, 5) is 52.3. The van der Waals surface area contributed by atoms with Gasteiger partial charge in [-0.1, -0.05) is 39.5 Å². The molecule has 4 aliphatic rings. The summed E-state index contributed by atoms with van der Waals surface area (Å²) in [6.07, 6.45) is 6.24. The molecule has 4 fully saturated rings. The van der Waals surface area contributed by atoms with E-state index in [0.717, 1.165) is 25.7 Å². The highest BCUT2D eigenvalue weighted by atomic mass is 16.7. The first-order chi connectivity index (χ1) is 20.6. The van der Waals surface area contributed by atoms with Crippen LogP contribution in [0.2, 0.25) is 0 Å². The first-order valence-corrected chi connectivity index (χ1v) is 16.2. The molecule has 44 heavy (non-hydrogen) atoms. The SMILES string of the molecule is CC(=O)NCCCCCC(=O)C[C@@H](CCCN=C(N)N[N+](=O)[O-])C(=O)N[C@@H](CC(C)C)B1O[C@@H]2C[C@H]3C[C@H](C3(C)C)[C@]2(C)O1. The van der Waals surface area contributed by atoms with Gasteiger partial charge in [0.1, 0.15) is 5.78 Å². The second kappa shape index (κ2) is 15.5. The third kappa shape index (κ3) is 9.39. The molecule has 2 amide bonds. The van der Waals surface area contributed by atoms with Gasteiger partial charge in [0.25, 0.3) is 5.96 Å². The van der Waals surface area contributed by atoms with Crippen molar-refractivity contribution in [3.63, 3.8) is 0 Å². The quantitative estimate of drug-likeness (QED) is 0.0446. The van der Waals surface area contributed by atoms with E-state index in [1.165, 1.54) is 6.92 Å². The van der Waals surface area contributed by atoms with Crippen molar-refractivity contribution in [1.29, 1.82) is 0 Å². The molecular formula is C30H53BN6O7. The zero-order valence-electron chi connectivity index (χ0n) is 27.4. The van der Waals surface area contributed by atoms with E-state index < -0.39 is 23.7 Å².